The molecule has 4 amide bonds. The first-order valence-electron chi connectivity index (χ1n) is 16.1. The zero-order valence-electron chi connectivity index (χ0n) is 27.1. The molecular formula is C32H43F2N4O7PS. The third kappa shape index (κ3) is 6.97. The largest absolute Gasteiger partial charge is 0.399 e. The summed E-state index contributed by atoms with van der Waals surface area (Å²) in [5.74, 6) is -0.779. The van der Waals surface area contributed by atoms with Gasteiger partial charge in [0.25, 0.3) is 5.91 Å². The molecule has 47 heavy (non-hydrogen) atoms. The molecule has 3 saturated heterocycles. The van der Waals surface area contributed by atoms with Gasteiger partial charge in [-0.2, -0.15) is 8.78 Å². The number of halogens is 2. The van der Waals surface area contributed by atoms with Gasteiger partial charge in [0, 0.05) is 48.8 Å². The van der Waals surface area contributed by atoms with Crippen LogP contribution in [0.15, 0.2) is 24.3 Å². The molecule has 0 saturated carbocycles. The minimum atomic E-state index is -5.77. The first-order valence-corrected chi connectivity index (χ1v) is 18.5. The van der Waals surface area contributed by atoms with Crippen molar-refractivity contribution in [2.45, 2.75) is 90.0 Å². The van der Waals surface area contributed by atoms with Gasteiger partial charge in [-0.15, -0.1) is 11.3 Å². The standard InChI is InChI=1S/C32H43F2N4O7PS/c1-5-6-9-26(39)36-17-19-12-14-38(23(19)18-36)29(41)22-8-7-13-37(22)30(42)27(31(2,3)4)35-28(40)25-16-20-15-21(10-11-24(20)47-25)32(33,34)46(43,44)45/h10-11,15-16,19,22-23,27H,5-9,12-14,17-18H2,1-4H3,(H,35,40)(H2,43,44,45)/t19-,22-,23+,27?/m0/s1. The fraction of sp³-hybridized carbons (Fsp3) is 0.625. The second-order valence-corrected chi connectivity index (χ2v) is 16.7. The normalized spacial score (nSPS) is 22.6. The minimum Gasteiger partial charge on any atom is -0.340 e. The number of hydrogen-bond donors (Lipinski definition) is 3. The van der Waals surface area contributed by atoms with Crippen molar-refractivity contribution in [1.82, 2.24) is 20.0 Å². The van der Waals surface area contributed by atoms with Crippen molar-refractivity contribution in [3.63, 3.8) is 0 Å². The summed E-state index contributed by atoms with van der Waals surface area (Å²) in [6, 6.07) is 2.74. The van der Waals surface area contributed by atoms with Crippen LogP contribution in [-0.4, -0.2) is 92.4 Å². The zero-order valence-corrected chi connectivity index (χ0v) is 28.8. The van der Waals surface area contributed by atoms with Crippen molar-refractivity contribution in [1.29, 1.82) is 0 Å². The van der Waals surface area contributed by atoms with Crippen LogP contribution in [-0.2, 0) is 24.6 Å². The number of carbonyl (C=O) groups excluding carboxylic acids is 4. The lowest BCUT2D eigenvalue weighted by Gasteiger charge is -2.37. The van der Waals surface area contributed by atoms with E-state index in [2.05, 4.69) is 5.32 Å². The zero-order chi connectivity index (χ0) is 34.5. The number of thiophene rings is 1. The van der Waals surface area contributed by atoms with Gasteiger partial charge in [0.05, 0.1) is 10.9 Å². The number of alkyl halides is 2. The lowest BCUT2D eigenvalue weighted by Crippen LogP contribution is -2.58. The highest BCUT2D eigenvalue weighted by molar-refractivity contribution is 7.52. The van der Waals surface area contributed by atoms with Gasteiger partial charge in [-0.25, -0.2) is 0 Å². The molecule has 0 radical (unpaired) electrons. The van der Waals surface area contributed by atoms with Gasteiger partial charge in [-0.1, -0.05) is 40.2 Å². The molecule has 5 rings (SSSR count). The van der Waals surface area contributed by atoms with Crippen LogP contribution < -0.4 is 5.32 Å². The number of benzene rings is 1. The van der Waals surface area contributed by atoms with E-state index in [1.807, 2.05) is 16.7 Å². The SMILES string of the molecule is CCCCC(=O)N1C[C@@H]2CCN(C(=O)[C@@H]3CCCN3C(=O)C(NC(=O)c3cc4cc(C(F)(F)P(=O)(O)O)ccc4s3)C(C)(C)C)[C@@H]2C1. The van der Waals surface area contributed by atoms with Crippen molar-refractivity contribution >= 4 is 52.6 Å². The maximum absolute atomic E-state index is 14.3. The van der Waals surface area contributed by atoms with Crippen molar-refractivity contribution in [2.75, 3.05) is 26.2 Å². The molecule has 3 aliphatic heterocycles. The highest BCUT2D eigenvalue weighted by Crippen LogP contribution is 2.59. The smallest absolute Gasteiger partial charge is 0.340 e. The number of likely N-dealkylation sites (tertiary alicyclic amines) is 3. The van der Waals surface area contributed by atoms with Gasteiger partial charge in [0.15, 0.2) is 0 Å². The first kappa shape index (κ1) is 35.4. The molecule has 1 aromatic heterocycles. The summed E-state index contributed by atoms with van der Waals surface area (Å²) in [4.78, 5) is 77.9. The van der Waals surface area contributed by atoms with E-state index in [0.29, 0.717) is 50.1 Å². The summed E-state index contributed by atoms with van der Waals surface area (Å²) in [7, 11) is -5.77. The molecule has 3 N–H and O–H groups in total. The van der Waals surface area contributed by atoms with Crippen molar-refractivity contribution < 1.29 is 42.3 Å². The van der Waals surface area contributed by atoms with Crippen LogP contribution in [0, 0.1) is 11.3 Å². The highest BCUT2D eigenvalue weighted by Gasteiger charge is 2.51. The first-order chi connectivity index (χ1) is 21.9. The topological polar surface area (TPSA) is 148 Å². The lowest BCUT2D eigenvalue weighted by molar-refractivity contribution is -0.146. The molecule has 2 aromatic rings. The monoisotopic (exact) mass is 696 g/mol. The van der Waals surface area contributed by atoms with Crippen LogP contribution in [0.25, 0.3) is 10.1 Å². The Morgan fingerprint density at radius 1 is 1.06 bits per heavy atom. The second-order valence-electron chi connectivity index (χ2n) is 14.0. The van der Waals surface area contributed by atoms with Gasteiger partial charge < -0.3 is 29.8 Å². The number of nitrogens with one attached hydrogen (secondary N) is 1. The quantitative estimate of drug-likeness (QED) is 0.327. The maximum Gasteiger partial charge on any atom is 0.399 e. The Kier molecular flexibility index (Phi) is 9.92. The van der Waals surface area contributed by atoms with Crippen molar-refractivity contribution in [3.8, 4) is 0 Å². The number of amides is 4. The number of nitrogens with zero attached hydrogens (tertiary/aromatic N) is 3. The molecular weight excluding hydrogens is 653 g/mol. The minimum absolute atomic E-state index is 0.0705. The van der Waals surface area contributed by atoms with Crippen LogP contribution in [0.5, 0.6) is 0 Å². The van der Waals surface area contributed by atoms with Gasteiger partial charge in [-0.3, -0.25) is 23.7 Å². The summed E-state index contributed by atoms with van der Waals surface area (Å²) in [6.45, 7) is 9.55. The summed E-state index contributed by atoms with van der Waals surface area (Å²) in [5.41, 5.74) is -6.01. The molecule has 3 fully saturated rings. The molecule has 0 bridgehead atoms. The van der Waals surface area contributed by atoms with E-state index in [0.717, 1.165) is 42.7 Å². The Balaban J connectivity index is 1.30. The fourth-order valence-electron chi connectivity index (χ4n) is 6.93. The second kappa shape index (κ2) is 13.2. The van der Waals surface area contributed by atoms with E-state index in [1.165, 1.54) is 12.1 Å². The Bertz CT molecular complexity index is 1610. The fourth-order valence-corrected chi connectivity index (χ4v) is 8.35. The van der Waals surface area contributed by atoms with Gasteiger partial charge in [0.2, 0.25) is 17.7 Å². The average Bonchev–Trinajstić information content (AvgIpc) is 3.79. The third-order valence-corrected chi connectivity index (χ3v) is 11.7. The predicted octanol–water partition coefficient (Wildman–Crippen LogP) is 4.51. The van der Waals surface area contributed by atoms with Crippen LogP contribution in [0.1, 0.15) is 81.5 Å². The summed E-state index contributed by atoms with van der Waals surface area (Å²) in [5, 5.41) is 3.02. The van der Waals surface area contributed by atoms with E-state index in [9.17, 15) is 32.5 Å². The predicted molar refractivity (Wildman–Crippen MR) is 173 cm³/mol. The molecule has 15 heteroatoms. The number of unbranched alkanes of at least 4 members (excludes halogenated alkanes) is 1. The summed E-state index contributed by atoms with van der Waals surface area (Å²) in [6.07, 6.45) is 4.22. The number of hydrogen-bond acceptors (Lipinski definition) is 6. The number of fused-ring (bicyclic) bond motifs is 2. The molecule has 4 heterocycles. The molecule has 3 aliphatic rings. The average molecular weight is 697 g/mol. The molecule has 0 spiro atoms. The Morgan fingerprint density at radius 2 is 1.79 bits per heavy atom. The van der Waals surface area contributed by atoms with E-state index in [1.54, 1.807) is 25.7 Å². The van der Waals surface area contributed by atoms with Crippen LogP contribution in [0.3, 0.4) is 0 Å². The summed E-state index contributed by atoms with van der Waals surface area (Å²) < 4.78 is 40.4. The van der Waals surface area contributed by atoms with Crippen molar-refractivity contribution in [2.24, 2.45) is 11.3 Å². The van der Waals surface area contributed by atoms with Gasteiger partial charge >= 0.3 is 13.3 Å². The molecule has 0 aliphatic carbocycles. The molecule has 1 unspecified atom stereocenters. The molecule has 258 valence electrons. The van der Waals surface area contributed by atoms with Crippen LogP contribution in [0.2, 0.25) is 0 Å². The molecule has 1 aromatic carbocycles. The van der Waals surface area contributed by atoms with Gasteiger partial charge in [-0.05, 0) is 54.7 Å². The Labute approximate surface area is 276 Å². The van der Waals surface area contributed by atoms with Crippen LogP contribution in [0.4, 0.5) is 8.78 Å². The molecule has 4 atom stereocenters. The third-order valence-electron chi connectivity index (χ3n) is 9.59. The van der Waals surface area contributed by atoms with Gasteiger partial charge in [0.1, 0.15) is 12.1 Å². The summed E-state index contributed by atoms with van der Waals surface area (Å²) >= 11 is 1.00. The van der Waals surface area contributed by atoms with Crippen LogP contribution >= 0.6 is 18.9 Å². The van der Waals surface area contributed by atoms with E-state index < -0.39 is 42.2 Å². The Morgan fingerprint density at radius 3 is 2.45 bits per heavy atom. The number of carbonyl (C=O) groups is 4. The van der Waals surface area contributed by atoms with E-state index in [-0.39, 0.29) is 39.9 Å². The highest BCUT2D eigenvalue weighted by atomic mass is 32.1. The Hall–Kier alpha value is -2.93. The van der Waals surface area contributed by atoms with E-state index in [4.69, 9.17) is 9.79 Å². The van der Waals surface area contributed by atoms with Crippen molar-refractivity contribution in [3.05, 3.63) is 34.7 Å². The molecule has 11 nitrogen and oxygen atoms in total. The van der Waals surface area contributed by atoms with E-state index >= 15 is 0 Å². The lowest BCUT2D eigenvalue weighted by atomic mass is 9.85. The maximum atomic E-state index is 14.3. The number of rotatable bonds is 9.